The molecule has 0 N–H and O–H groups in total. The minimum atomic E-state index is -2.13. The van der Waals surface area contributed by atoms with E-state index in [1.807, 2.05) is 18.2 Å². The van der Waals surface area contributed by atoms with Gasteiger partial charge in [-0.15, -0.1) is 0 Å². The Morgan fingerprint density at radius 3 is 1.70 bits per heavy atom. The average Bonchev–Trinajstić information content (AvgIpc) is 2.68. The molecule has 0 aliphatic heterocycles. The molecule has 0 aliphatic rings. The van der Waals surface area contributed by atoms with E-state index in [0.29, 0.717) is 0 Å². The van der Waals surface area contributed by atoms with Gasteiger partial charge in [0.25, 0.3) is 0 Å². The fourth-order valence-corrected chi connectivity index (χ4v) is 17.1. The summed E-state index contributed by atoms with van der Waals surface area (Å²) in [5.74, 6) is 0.947. The SMILES string of the molecule is CCC[CH2][Sn]([CH2]CCC)([CH2]CCC)[CH2]Oc1[c-]cccc1.[CH2-]CCC.[Cu+2].[Li]. The molecule has 0 aliphatic carbocycles. The Hall–Kier alpha value is 0.936. The van der Waals surface area contributed by atoms with E-state index >= 15 is 0 Å². The maximum atomic E-state index is 6.20. The van der Waals surface area contributed by atoms with Gasteiger partial charge in [-0.1, -0.05) is 13.3 Å². The monoisotopic (exact) mass is 524 g/mol. The number of ether oxygens (including phenoxy) is 1. The molecule has 0 saturated carbocycles. The van der Waals surface area contributed by atoms with Crippen molar-refractivity contribution in [2.75, 3.05) is 4.62 Å². The molecule has 0 saturated heterocycles. The summed E-state index contributed by atoms with van der Waals surface area (Å²) in [5, 5.41) is 0. The topological polar surface area (TPSA) is 9.23 Å². The van der Waals surface area contributed by atoms with Crippen LogP contribution in [0.2, 0.25) is 13.3 Å². The van der Waals surface area contributed by atoms with E-state index in [2.05, 4.69) is 46.8 Å². The maximum absolute atomic E-state index is 6.20. The number of unbranched alkanes of at least 4 members (excludes halogenated alkanes) is 4. The zero-order valence-electron chi connectivity index (χ0n) is 18.7. The van der Waals surface area contributed by atoms with Crippen molar-refractivity contribution >= 4 is 37.2 Å². The molecule has 1 aromatic carbocycles. The maximum Gasteiger partial charge on any atom is 2.00 e. The molecular weight excluding hydrogens is 481 g/mol. The van der Waals surface area contributed by atoms with Gasteiger partial charge in [0.2, 0.25) is 0 Å². The third-order valence-corrected chi connectivity index (χ3v) is 19.0. The molecule has 0 heterocycles. The van der Waals surface area contributed by atoms with Crippen LogP contribution in [-0.4, -0.2) is 41.9 Å². The largest absolute Gasteiger partial charge is 2.00 e. The second-order valence-corrected chi connectivity index (χ2v) is 20.8. The molecule has 27 heavy (non-hydrogen) atoms. The number of benzene rings is 1. The molecule has 0 amide bonds. The molecule has 0 atom stereocenters. The molecule has 4 heteroatoms. The van der Waals surface area contributed by atoms with Gasteiger partial charge in [0.1, 0.15) is 0 Å². The van der Waals surface area contributed by atoms with E-state index in [1.54, 1.807) is 0 Å². The third-order valence-electron chi connectivity index (χ3n) is 4.75. The molecule has 0 aromatic heterocycles. The van der Waals surface area contributed by atoms with Crippen molar-refractivity contribution in [2.24, 2.45) is 0 Å². The van der Waals surface area contributed by atoms with Gasteiger partial charge in [-0.2, -0.15) is 6.42 Å². The first-order chi connectivity index (χ1) is 12.2. The number of hydrogen-bond donors (Lipinski definition) is 0. The Bertz CT molecular complexity index is 365. The van der Waals surface area contributed by atoms with E-state index < -0.39 is 18.4 Å². The minimum Gasteiger partial charge on any atom is -0.343 e. The molecule has 1 nitrogen and oxygen atoms in total. The Balaban J connectivity index is -0.000000871. The van der Waals surface area contributed by atoms with E-state index in [4.69, 9.17) is 4.74 Å². The third kappa shape index (κ3) is 17.5. The zero-order valence-corrected chi connectivity index (χ0v) is 22.5. The van der Waals surface area contributed by atoms with Gasteiger partial charge in [-0.25, -0.2) is 0 Å². The van der Waals surface area contributed by atoms with Gasteiger partial charge in [0, 0.05) is 18.9 Å². The molecule has 0 bridgehead atoms. The standard InChI is InChI=1S/C7H6O.4C4H9.Cu.Li.Sn/c1-8-7-5-3-2-4-6-7;4*1-3-4-2;;;/h2-5H,1H2;4*1,3-4H2,2H3;;;/q-1;;;;-1;+2;;. The van der Waals surface area contributed by atoms with Crippen molar-refractivity contribution in [3.05, 3.63) is 37.3 Å². The number of para-hydroxylation sites is 1. The molecule has 0 fully saturated rings. The van der Waals surface area contributed by atoms with Crippen LogP contribution in [0.25, 0.3) is 0 Å². The van der Waals surface area contributed by atoms with Crippen LogP contribution in [0.4, 0.5) is 0 Å². The summed E-state index contributed by atoms with van der Waals surface area (Å²) >= 11 is -2.13. The van der Waals surface area contributed by atoms with Gasteiger partial charge in [-0.05, 0) is 0 Å². The summed E-state index contributed by atoms with van der Waals surface area (Å²) in [5.41, 5.74) is 0. The van der Waals surface area contributed by atoms with Gasteiger partial charge in [0.05, 0.1) is 0 Å². The molecular formula is C23H42CuLiOSn. The van der Waals surface area contributed by atoms with E-state index in [0.717, 1.165) is 16.8 Å². The van der Waals surface area contributed by atoms with E-state index in [9.17, 15) is 0 Å². The smallest absolute Gasteiger partial charge is 0.343 e. The summed E-state index contributed by atoms with van der Waals surface area (Å²) in [6.07, 6.45) is 10.5. The van der Waals surface area contributed by atoms with Crippen LogP contribution in [0.15, 0.2) is 24.3 Å². The van der Waals surface area contributed by atoms with Crippen molar-refractivity contribution in [1.82, 2.24) is 0 Å². The van der Waals surface area contributed by atoms with Crippen LogP contribution < -0.4 is 4.74 Å². The quantitative estimate of drug-likeness (QED) is 0.192. The van der Waals surface area contributed by atoms with Gasteiger partial charge in [-0.3, -0.25) is 0 Å². The number of hydrogen-bond acceptors (Lipinski definition) is 1. The summed E-state index contributed by atoms with van der Waals surface area (Å²) in [6.45, 7) is 12.7. The molecule has 1 rings (SSSR count). The van der Waals surface area contributed by atoms with Crippen LogP contribution in [0.1, 0.15) is 79.1 Å². The Morgan fingerprint density at radius 1 is 0.889 bits per heavy atom. The fraction of sp³-hybridized carbons (Fsp3) is 0.696. The van der Waals surface area contributed by atoms with E-state index in [1.165, 1.54) is 58.3 Å². The molecule has 2 radical (unpaired) electrons. The number of rotatable bonds is 13. The second kappa shape index (κ2) is 23.2. The van der Waals surface area contributed by atoms with Crippen LogP contribution in [0.3, 0.4) is 0 Å². The Labute approximate surface area is 197 Å². The van der Waals surface area contributed by atoms with Gasteiger partial charge < -0.3 is 6.92 Å². The Kier molecular flexibility index (Phi) is 28.0. The summed E-state index contributed by atoms with van der Waals surface area (Å²) < 4.78 is 11.8. The fourth-order valence-electron chi connectivity index (χ4n) is 2.94. The van der Waals surface area contributed by atoms with Crippen molar-refractivity contribution in [1.29, 1.82) is 0 Å². The van der Waals surface area contributed by atoms with E-state index in [-0.39, 0.29) is 35.9 Å². The van der Waals surface area contributed by atoms with Crippen molar-refractivity contribution < 1.29 is 21.8 Å². The second-order valence-electron chi connectivity index (χ2n) is 7.18. The molecule has 0 unspecified atom stereocenters. The van der Waals surface area contributed by atoms with Gasteiger partial charge >= 0.3 is 153 Å². The minimum absolute atomic E-state index is 0. The predicted molar refractivity (Wildman–Crippen MR) is 122 cm³/mol. The molecule has 156 valence electrons. The zero-order chi connectivity index (χ0) is 18.8. The predicted octanol–water partition coefficient (Wildman–Crippen LogP) is 7.49. The molecule has 0 spiro atoms. The van der Waals surface area contributed by atoms with Gasteiger partial charge in [0.15, 0.2) is 0 Å². The normalized spacial score (nSPS) is 10.1. The van der Waals surface area contributed by atoms with Crippen LogP contribution in [0.5, 0.6) is 5.75 Å². The average molecular weight is 524 g/mol. The molecule has 1 aromatic rings. The van der Waals surface area contributed by atoms with Crippen molar-refractivity contribution in [3.8, 4) is 5.75 Å². The first-order valence-corrected chi connectivity index (χ1v) is 18.6. The summed E-state index contributed by atoms with van der Waals surface area (Å²) in [7, 11) is 0. The van der Waals surface area contributed by atoms with Crippen LogP contribution in [0, 0.1) is 13.0 Å². The van der Waals surface area contributed by atoms with Crippen molar-refractivity contribution in [2.45, 2.75) is 92.4 Å². The first kappa shape index (κ1) is 32.6. The first-order valence-electron chi connectivity index (χ1n) is 10.6. The summed E-state index contributed by atoms with van der Waals surface area (Å²) in [6, 6.07) is 11.3. The Morgan fingerprint density at radius 2 is 1.37 bits per heavy atom. The van der Waals surface area contributed by atoms with Crippen molar-refractivity contribution in [3.63, 3.8) is 0 Å². The van der Waals surface area contributed by atoms with Crippen LogP contribution in [-0.2, 0) is 17.1 Å². The van der Waals surface area contributed by atoms with Crippen LogP contribution >= 0.6 is 0 Å². The summed E-state index contributed by atoms with van der Waals surface area (Å²) in [4.78, 5) is 0.